The third-order valence-electron chi connectivity index (χ3n) is 1.67. The molecule has 66 valence electrons. The Hall–Kier alpha value is -1.15. The molecule has 1 aliphatic heterocycles. The molecule has 1 aliphatic rings. The van der Waals surface area contributed by atoms with E-state index in [0.717, 1.165) is 5.75 Å². The first-order chi connectivity index (χ1) is 6.45. The predicted octanol–water partition coefficient (Wildman–Crippen LogP) is 3.21. The summed E-state index contributed by atoms with van der Waals surface area (Å²) in [6.45, 7) is 0. The average Bonchev–Trinajstić information content (AvgIpc) is 2.21. The molecule has 0 amide bonds. The lowest BCUT2D eigenvalue weighted by Gasteiger charge is -2.14. The molecule has 0 saturated carbocycles. The van der Waals surface area contributed by atoms with Gasteiger partial charge in [0.25, 0.3) is 0 Å². The van der Waals surface area contributed by atoms with Crippen molar-refractivity contribution in [1.82, 2.24) is 0 Å². The van der Waals surface area contributed by atoms with Gasteiger partial charge < -0.3 is 4.74 Å². The van der Waals surface area contributed by atoms with Crippen LogP contribution in [0.5, 0.6) is 5.75 Å². The summed E-state index contributed by atoms with van der Waals surface area (Å²) >= 11 is 1.67. The van der Waals surface area contributed by atoms with Gasteiger partial charge in [-0.25, -0.2) is 0 Å². The molecular formula is C11H10OS. The van der Waals surface area contributed by atoms with E-state index in [2.05, 4.69) is 0 Å². The Morgan fingerprint density at radius 3 is 2.62 bits per heavy atom. The van der Waals surface area contributed by atoms with E-state index in [-0.39, 0.29) is 5.44 Å². The Balaban J connectivity index is 1.99. The molecule has 1 heterocycles. The molecule has 0 fully saturated rings. The van der Waals surface area contributed by atoms with Crippen molar-refractivity contribution in [2.45, 2.75) is 5.44 Å². The molecule has 0 aromatic heterocycles. The van der Waals surface area contributed by atoms with Crippen molar-refractivity contribution in [2.75, 3.05) is 0 Å². The number of rotatable bonds is 2. The van der Waals surface area contributed by atoms with Crippen LogP contribution in [0.15, 0.2) is 54.0 Å². The van der Waals surface area contributed by atoms with Gasteiger partial charge in [-0.05, 0) is 23.6 Å². The summed E-state index contributed by atoms with van der Waals surface area (Å²) in [7, 11) is 0. The van der Waals surface area contributed by atoms with Crippen LogP contribution in [0.3, 0.4) is 0 Å². The Labute approximate surface area is 82.1 Å². The van der Waals surface area contributed by atoms with Crippen LogP contribution in [-0.2, 0) is 0 Å². The zero-order chi connectivity index (χ0) is 8.93. The van der Waals surface area contributed by atoms with Gasteiger partial charge in [0.2, 0.25) is 0 Å². The second-order valence-corrected chi connectivity index (χ2v) is 3.66. The van der Waals surface area contributed by atoms with Crippen LogP contribution in [0.25, 0.3) is 0 Å². The zero-order valence-electron chi connectivity index (χ0n) is 7.09. The van der Waals surface area contributed by atoms with Gasteiger partial charge in [0.05, 0.1) is 0 Å². The number of allylic oxidation sites excluding steroid dienone is 2. The Kier molecular flexibility index (Phi) is 2.72. The molecule has 1 unspecified atom stereocenters. The van der Waals surface area contributed by atoms with Gasteiger partial charge in [0.15, 0.2) is 5.44 Å². The van der Waals surface area contributed by atoms with Crippen LogP contribution in [0.2, 0.25) is 0 Å². The van der Waals surface area contributed by atoms with Crippen LogP contribution in [0.1, 0.15) is 0 Å². The standard InChI is InChI=1S/C11H10OS/c1-2-6-10(7-3-1)12-11-8-4-5-9-13-11/h1-9,11H. The van der Waals surface area contributed by atoms with E-state index in [0.29, 0.717) is 0 Å². The molecule has 0 saturated heterocycles. The Morgan fingerprint density at radius 1 is 1.08 bits per heavy atom. The monoisotopic (exact) mass is 190 g/mol. The summed E-state index contributed by atoms with van der Waals surface area (Å²) in [6, 6.07) is 9.86. The second-order valence-electron chi connectivity index (χ2n) is 2.65. The van der Waals surface area contributed by atoms with E-state index in [1.807, 2.05) is 54.0 Å². The normalized spacial score (nSPS) is 20.2. The van der Waals surface area contributed by atoms with E-state index in [4.69, 9.17) is 4.74 Å². The molecule has 13 heavy (non-hydrogen) atoms. The molecule has 1 aromatic carbocycles. The van der Waals surface area contributed by atoms with Crippen molar-refractivity contribution in [3.63, 3.8) is 0 Å². The van der Waals surface area contributed by atoms with Crippen LogP contribution < -0.4 is 4.74 Å². The summed E-state index contributed by atoms with van der Waals surface area (Å²) in [5, 5.41) is 2.04. The van der Waals surface area contributed by atoms with Crippen LogP contribution in [0.4, 0.5) is 0 Å². The number of thioether (sulfide) groups is 1. The third kappa shape index (κ3) is 2.39. The maximum atomic E-state index is 5.68. The van der Waals surface area contributed by atoms with Gasteiger partial charge in [0.1, 0.15) is 5.75 Å². The molecule has 0 radical (unpaired) electrons. The minimum atomic E-state index is 0.118. The molecule has 0 spiro atoms. The fourth-order valence-electron chi connectivity index (χ4n) is 1.07. The second kappa shape index (κ2) is 4.19. The smallest absolute Gasteiger partial charge is 0.167 e. The van der Waals surface area contributed by atoms with Crippen LogP contribution >= 0.6 is 11.8 Å². The minimum Gasteiger partial charge on any atom is -0.475 e. The largest absolute Gasteiger partial charge is 0.475 e. The summed E-state index contributed by atoms with van der Waals surface area (Å²) in [5.41, 5.74) is 0.118. The van der Waals surface area contributed by atoms with Crippen molar-refractivity contribution in [2.24, 2.45) is 0 Å². The van der Waals surface area contributed by atoms with E-state index in [1.54, 1.807) is 11.8 Å². The number of hydrogen-bond acceptors (Lipinski definition) is 2. The number of ether oxygens (including phenoxy) is 1. The molecule has 1 aromatic rings. The van der Waals surface area contributed by atoms with Gasteiger partial charge in [-0.2, -0.15) is 0 Å². The SMILES string of the molecule is C1=CSC(Oc2ccccc2)C=C1. The molecule has 0 bridgehead atoms. The van der Waals surface area contributed by atoms with Crippen molar-refractivity contribution >= 4 is 11.8 Å². The molecule has 0 N–H and O–H groups in total. The molecule has 1 atom stereocenters. The maximum absolute atomic E-state index is 5.68. The van der Waals surface area contributed by atoms with Crippen molar-refractivity contribution < 1.29 is 4.74 Å². The first kappa shape index (κ1) is 8.45. The first-order valence-corrected chi connectivity index (χ1v) is 5.10. The van der Waals surface area contributed by atoms with E-state index < -0.39 is 0 Å². The fourth-order valence-corrected chi connectivity index (χ4v) is 1.75. The fraction of sp³-hybridized carbons (Fsp3) is 0.0909. The number of para-hydroxylation sites is 1. The van der Waals surface area contributed by atoms with E-state index >= 15 is 0 Å². The average molecular weight is 190 g/mol. The lowest BCUT2D eigenvalue weighted by atomic mass is 10.3. The predicted molar refractivity (Wildman–Crippen MR) is 56.7 cm³/mol. The summed E-state index contributed by atoms with van der Waals surface area (Å²) in [6.07, 6.45) is 6.05. The van der Waals surface area contributed by atoms with E-state index in [9.17, 15) is 0 Å². The molecule has 1 nitrogen and oxygen atoms in total. The zero-order valence-corrected chi connectivity index (χ0v) is 7.91. The van der Waals surface area contributed by atoms with Gasteiger partial charge in [-0.1, -0.05) is 42.1 Å². The highest BCUT2D eigenvalue weighted by molar-refractivity contribution is 8.02. The lowest BCUT2D eigenvalue weighted by Crippen LogP contribution is -2.08. The summed E-state index contributed by atoms with van der Waals surface area (Å²) in [5.74, 6) is 0.917. The number of hydrogen-bond donors (Lipinski definition) is 0. The maximum Gasteiger partial charge on any atom is 0.167 e. The highest BCUT2D eigenvalue weighted by Crippen LogP contribution is 2.22. The Bertz CT molecular complexity index is 316. The molecular weight excluding hydrogens is 180 g/mol. The lowest BCUT2D eigenvalue weighted by molar-refractivity contribution is 0.333. The van der Waals surface area contributed by atoms with Crippen LogP contribution in [0, 0.1) is 0 Å². The topological polar surface area (TPSA) is 9.23 Å². The van der Waals surface area contributed by atoms with Crippen LogP contribution in [-0.4, -0.2) is 5.44 Å². The van der Waals surface area contributed by atoms with Gasteiger partial charge >= 0.3 is 0 Å². The van der Waals surface area contributed by atoms with Gasteiger partial charge in [0, 0.05) is 0 Å². The van der Waals surface area contributed by atoms with Crippen molar-refractivity contribution in [3.8, 4) is 5.75 Å². The van der Waals surface area contributed by atoms with Crippen molar-refractivity contribution in [1.29, 1.82) is 0 Å². The first-order valence-electron chi connectivity index (χ1n) is 4.16. The third-order valence-corrected chi connectivity index (χ3v) is 2.50. The minimum absolute atomic E-state index is 0.118. The molecule has 0 aliphatic carbocycles. The van der Waals surface area contributed by atoms with Crippen molar-refractivity contribution in [3.05, 3.63) is 54.0 Å². The highest BCUT2D eigenvalue weighted by atomic mass is 32.2. The van der Waals surface area contributed by atoms with Gasteiger partial charge in [-0.15, -0.1) is 0 Å². The molecule has 2 heteroatoms. The molecule has 2 rings (SSSR count). The quantitative estimate of drug-likeness (QED) is 0.708. The summed E-state index contributed by atoms with van der Waals surface area (Å²) < 4.78 is 5.68. The Morgan fingerprint density at radius 2 is 1.92 bits per heavy atom. The highest BCUT2D eigenvalue weighted by Gasteiger charge is 2.06. The van der Waals surface area contributed by atoms with Gasteiger partial charge in [-0.3, -0.25) is 0 Å². The number of benzene rings is 1. The van der Waals surface area contributed by atoms with E-state index in [1.165, 1.54) is 0 Å². The summed E-state index contributed by atoms with van der Waals surface area (Å²) in [4.78, 5) is 0.